The Balaban J connectivity index is 2.08. The van der Waals surface area contributed by atoms with E-state index >= 15 is 0 Å². The number of hydrogen-bond acceptors (Lipinski definition) is 4. The molecule has 0 saturated carbocycles. The van der Waals surface area contributed by atoms with Gasteiger partial charge in [0.05, 0.1) is 0 Å². The molecule has 0 atom stereocenters. The second kappa shape index (κ2) is 11.1. The zero-order chi connectivity index (χ0) is 20.2. The van der Waals surface area contributed by atoms with Gasteiger partial charge in [-0.3, -0.25) is 9.59 Å². The van der Waals surface area contributed by atoms with Crippen LogP contribution in [0.5, 0.6) is 0 Å². The number of hydrogen-bond donors (Lipinski definition) is 2. The number of aliphatic carboxylic acids is 1. The zero-order valence-electron chi connectivity index (χ0n) is 15.3. The summed E-state index contributed by atoms with van der Waals surface area (Å²) >= 11 is 0. The second-order valence-electron chi connectivity index (χ2n) is 5.90. The molecular formula is C22H21N2O4-. The summed E-state index contributed by atoms with van der Waals surface area (Å²) in [5.74, 6) is -2.08. The third-order valence-corrected chi connectivity index (χ3v) is 3.72. The maximum atomic E-state index is 12.4. The monoisotopic (exact) mass is 377 g/mol. The van der Waals surface area contributed by atoms with E-state index in [1.807, 2.05) is 30.3 Å². The fourth-order valence-corrected chi connectivity index (χ4v) is 2.31. The smallest absolute Gasteiger partial charge is 0.267 e. The van der Waals surface area contributed by atoms with Crippen LogP contribution < -0.4 is 15.7 Å². The molecule has 0 aromatic heterocycles. The SMILES string of the molecule is O=C([O-])CCCNC(=O)/C(=C/C=C/c1ccccc1)NC(=O)c1ccccc1. The molecule has 144 valence electrons. The molecule has 0 aliphatic carbocycles. The summed E-state index contributed by atoms with van der Waals surface area (Å²) in [7, 11) is 0. The van der Waals surface area contributed by atoms with Gasteiger partial charge in [0.25, 0.3) is 11.8 Å². The van der Waals surface area contributed by atoms with Crippen LogP contribution in [-0.4, -0.2) is 24.3 Å². The molecule has 0 bridgehead atoms. The van der Waals surface area contributed by atoms with Crippen molar-refractivity contribution < 1.29 is 19.5 Å². The number of nitrogens with one attached hydrogen (secondary N) is 2. The Labute approximate surface area is 163 Å². The first-order valence-corrected chi connectivity index (χ1v) is 8.84. The summed E-state index contributed by atoms with van der Waals surface area (Å²) in [5.41, 5.74) is 1.43. The normalized spacial score (nSPS) is 11.2. The first-order chi connectivity index (χ1) is 13.6. The predicted octanol–water partition coefficient (Wildman–Crippen LogP) is 1.66. The number of carboxylic acid groups (broad SMARTS) is 1. The number of benzene rings is 2. The van der Waals surface area contributed by atoms with Gasteiger partial charge in [0, 0.05) is 18.1 Å². The van der Waals surface area contributed by atoms with E-state index in [1.54, 1.807) is 42.5 Å². The molecule has 6 heteroatoms. The molecule has 0 unspecified atom stereocenters. The molecular weight excluding hydrogens is 356 g/mol. The van der Waals surface area contributed by atoms with Crippen molar-refractivity contribution in [1.82, 2.24) is 10.6 Å². The summed E-state index contributed by atoms with van der Waals surface area (Å²) in [6.07, 6.45) is 5.06. The number of rotatable bonds is 9. The molecule has 0 aliphatic heterocycles. The lowest BCUT2D eigenvalue weighted by Crippen LogP contribution is -2.35. The summed E-state index contributed by atoms with van der Waals surface area (Å²) < 4.78 is 0. The topological polar surface area (TPSA) is 98.3 Å². The molecule has 0 radical (unpaired) electrons. The zero-order valence-corrected chi connectivity index (χ0v) is 15.3. The van der Waals surface area contributed by atoms with E-state index in [0.29, 0.717) is 5.56 Å². The molecule has 2 amide bonds. The highest BCUT2D eigenvalue weighted by Crippen LogP contribution is 2.04. The quantitative estimate of drug-likeness (QED) is 0.394. The molecule has 2 aromatic carbocycles. The van der Waals surface area contributed by atoms with E-state index in [0.717, 1.165) is 5.56 Å². The van der Waals surface area contributed by atoms with E-state index in [4.69, 9.17) is 0 Å². The van der Waals surface area contributed by atoms with Crippen molar-refractivity contribution in [3.63, 3.8) is 0 Å². The van der Waals surface area contributed by atoms with Crippen molar-refractivity contribution in [1.29, 1.82) is 0 Å². The lowest BCUT2D eigenvalue weighted by atomic mass is 10.2. The van der Waals surface area contributed by atoms with Crippen molar-refractivity contribution in [3.05, 3.63) is 89.6 Å². The summed E-state index contributed by atoms with van der Waals surface area (Å²) in [6, 6.07) is 18.0. The largest absolute Gasteiger partial charge is 0.550 e. The van der Waals surface area contributed by atoms with Crippen LogP contribution in [0.1, 0.15) is 28.8 Å². The van der Waals surface area contributed by atoms with Crippen molar-refractivity contribution in [2.45, 2.75) is 12.8 Å². The van der Waals surface area contributed by atoms with Gasteiger partial charge in [-0.1, -0.05) is 60.7 Å². The van der Waals surface area contributed by atoms with E-state index in [2.05, 4.69) is 10.6 Å². The molecule has 28 heavy (non-hydrogen) atoms. The van der Waals surface area contributed by atoms with E-state index < -0.39 is 17.8 Å². The first-order valence-electron chi connectivity index (χ1n) is 8.84. The van der Waals surface area contributed by atoms with Crippen LogP contribution >= 0.6 is 0 Å². The van der Waals surface area contributed by atoms with Gasteiger partial charge in [-0.05, 0) is 36.6 Å². The highest BCUT2D eigenvalue weighted by Gasteiger charge is 2.13. The van der Waals surface area contributed by atoms with Gasteiger partial charge in [-0.2, -0.15) is 0 Å². The summed E-state index contributed by atoms with van der Waals surface area (Å²) in [5, 5.41) is 15.7. The minimum atomic E-state index is -1.17. The van der Waals surface area contributed by atoms with E-state index in [9.17, 15) is 19.5 Å². The maximum absolute atomic E-state index is 12.4. The van der Waals surface area contributed by atoms with Gasteiger partial charge in [0.15, 0.2) is 0 Å². The van der Waals surface area contributed by atoms with E-state index in [-0.39, 0.29) is 25.1 Å². The molecule has 2 N–H and O–H groups in total. The van der Waals surface area contributed by atoms with Crippen LogP contribution in [0.25, 0.3) is 6.08 Å². The Morgan fingerprint density at radius 2 is 1.57 bits per heavy atom. The highest BCUT2D eigenvalue weighted by molar-refractivity contribution is 6.03. The fourth-order valence-electron chi connectivity index (χ4n) is 2.31. The molecule has 2 rings (SSSR count). The maximum Gasteiger partial charge on any atom is 0.267 e. The third kappa shape index (κ3) is 7.29. The van der Waals surface area contributed by atoms with Crippen LogP contribution in [0.4, 0.5) is 0 Å². The highest BCUT2D eigenvalue weighted by atomic mass is 16.4. The number of carboxylic acids is 1. The third-order valence-electron chi connectivity index (χ3n) is 3.72. The minimum absolute atomic E-state index is 0.0643. The van der Waals surface area contributed by atoms with Crippen molar-refractivity contribution >= 4 is 23.9 Å². The van der Waals surface area contributed by atoms with Crippen LogP contribution in [0.2, 0.25) is 0 Å². The van der Waals surface area contributed by atoms with Gasteiger partial charge < -0.3 is 20.5 Å². The molecule has 6 nitrogen and oxygen atoms in total. The molecule has 2 aromatic rings. The minimum Gasteiger partial charge on any atom is -0.550 e. The molecule has 0 aliphatic rings. The Bertz CT molecular complexity index is 859. The van der Waals surface area contributed by atoms with E-state index in [1.165, 1.54) is 6.08 Å². The molecule has 0 heterocycles. The second-order valence-corrected chi connectivity index (χ2v) is 5.90. The first kappa shape index (κ1) is 20.6. The standard InChI is InChI=1S/C22H22N2O4/c25-20(26)15-8-16-23-22(28)19(14-7-11-17-9-3-1-4-10-17)24-21(27)18-12-5-2-6-13-18/h1-7,9-14H,8,15-16H2,(H,23,28)(H,24,27)(H,25,26)/p-1/b11-7+,19-14-. The molecule has 0 fully saturated rings. The van der Waals surface area contributed by atoms with Gasteiger partial charge in [0.2, 0.25) is 0 Å². The lowest BCUT2D eigenvalue weighted by Gasteiger charge is -2.10. The van der Waals surface area contributed by atoms with Crippen molar-refractivity contribution in [2.75, 3.05) is 6.54 Å². The van der Waals surface area contributed by atoms with Gasteiger partial charge >= 0.3 is 0 Å². The van der Waals surface area contributed by atoms with Gasteiger partial charge in [-0.15, -0.1) is 0 Å². The number of amides is 2. The molecule has 0 saturated heterocycles. The Morgan fingerprint density at radius 1 is 0.929 bits per heavy atom. The average molecular weight is 377 g/mol. The Morgan fingerprint density at radius 3 is 2.21 bits per heavy atom. The summed E-state index contributed by atoms with van der Waals surface area (Å²) in [6.45, 7) is 0.160. The fraction of sp³-hybridized carbons (Fsp3) is 0.136. The number of allylic oxidation sites excluding steroid dienone is 2. The molecule has 0 spiro atoms. The van der Waals surface area contributed by atoms with Gasteiger partial charge in [-0.25, -0.2) is 0 Å². The predicted molar refractivity (Wildman–Crippen MR) is 105 cm³/mol. The summed E-state index contributed by atoms with van der Waals surface area (Å²) in [4.78, 5) is 35.2. The lowest BCUT2D eigenvalue weighted by molar-refractivity contribution is -0.305. The van der Waals surface area contributed by atoms with Crippen LogP contribution in [0, 0.1) is 0 Å². The Kier molecular flexibility index (Phi) is 8.20. The van der Waals surface area contributed by atoms with Crippen LogP contribution in [0.3, 0.4) is 0 Å². The van der Waals surface area contributed by atoms with Gasteiger partial charge in [0.1, 0.15) is 5.70 Å². The Hall–Kier alpha value is -3.67. The van der Waals surface area contributed by atoms with Crippen LogP contribution in [0.15, 0.2) is 78.5 Å². The van der Waals surface area contributed by atoms with Crippen molar-refractivity contribution in [2.24, 2.45) is 0 Å². The van der Waals surface area contributed by atoms with Crippen molar-refractivity contribution in [3.8, 4) is 0 Å². The van der Waals surface area contributed by atoms with Crippen LogP contribution in [-0.2, 0) is 9.59 Å². The number of carbonyl (C=O) groups is 3. The number of carbonyl (C=O) groups excluding carboxylic acids is 3. The average Bonchev–Trinajstić information content (AvgIpc) is 2.71.